The summed E-state index contributed by atoms with van der Waals surface area (Å²) in [5, 5.41) is 9.67. The number of aromatic hydroxyl groups is 1. The molecule has 0 aliphatic carbocycles. The van der Waals surface area contributed by atoms with Crippen molar-refractivity contribution in [2.24, 2.45) is 0 Å². The normalized spacial score (nSPS) is 10.6. The number of phenols is 1. The molecule has 0 unspecified atom stereocenters. The molecule has 0 aliphatic rings. The molecule has 6 heteroatoms. The highest BCUT2D eigenvalue weighted by atomic mass is 19.1. The Kier molecular flexibility index (Phi) is 3.34. The molecule has 0 atom stereocenters. The van der Waals surface area contributed by atoms with Crippen LogP contribution in [0, 0.1) is 5.82 Å². The van der Waals surface area contributed by atoms with E-state index in [1.165, 1.54) is 36.4 Å². The summed E-state index contributed by atoms with van der Waals surface area (Å²) < 4.78 is 23.4. The predicted molar refractivity (Wildman–Crippen MR) is 76.0 cm³/mol. The number of rotatable bonds is 3. The van der Waals surface area contributed by atoms with Gasteiger partial charge in [-0.3, -0.25) is 9.59 Å². The van der Waals surface area contributed by atoms with Crippen LogP contribution in [0.1, 0.15) is 10.4 Å². The van der Waals surface area contributed by atoms with Gasteiger partial charge in [0.25, 0.3) is 0 Å². The summed E-state index contributed by atoms with van der Waals surface area (Å²) in [7, 11) is 0. The van der Waals surface area contributed by atoms with Crippen molar-refractivity contribution in [1.82, 2.24) is 0 Å². The number of benzene rings is 2. The maximum absolute atomic E-state index is 12.8. The first-order valence-corrected chi connectivity index (χ1v) is 6.26. The highest BCUT2D eigenvalue weighted by Gasteiger charge is 2.14. The minimum Gasteiger partial charge on any atom is -0.507 e. The molecule has 0 amide bonds. The van der Waals surface area contributed by atoms with Crippen LogP contribution >= 0.6 is 0 Å². The van der Waals surface area contributed by atoms with Crippen molar-refractivity contribution >= 4 is 17.3 Å². The van der Waals surface area contributed by atoms with Gasteiger partial charge in [-0.05, 0) is 36.4 Å². The Labute approximate surface area is 123 Å². The molecule has 1 N–H and O–H groups in total. The fourth-order valence-corrected chi connectivity index (χ4v) is 2.01. The summed E-state index contributed by atoms with van der Waals surface area (Å²) in [6.45, 7) is 0. The van der Waals surface area contributed by atoms with Crippen molar-refractivity contribution < 1.29 is 23.4 Å². The molecule has 5 nitrogen and oxygen atoms in total. The highest BCUT2D eigenvalue weighted by Crippen LogP contribution is 2.27. The van der Waals surface area contributed by atoms with Gasteiger partial charge in [0.15, 0.2) is 11.9 Å². The molecule has 1 aromatic heterocycles. The van der Waals surface area contributed by atoms with Crippen molar-refractivity contribution in [1.29, 1.82) is 0 Å². The Morgan fingerprint density at radius 1 is 1.14 bits per heavy atom. The highest BCUT2D eigenvalue weighted by molar-refractivity contribution is 5.97. The van der Waals surface area contributed by atoms with Crippen molar-refractivity contribution in [2.45, 2.75) is 0 Å². The van der Waals surface area contributed by atoms with Crippen molar-refractivity contribution in [2.75, 3.05) is 0 Å². The fourth-order valence-electron chi connectivity index (χ4n) is 2.01. The second kappa shape index (κ2) is 5.33. The molecule has 2 aromatic carbocycles. The second-order valence-corrected chi connectivity index (χ2v) is 4.48. The van der Waals surface area contributed by atoms with E-state index in [0.29, 0.717) is 6.29 Å². The molecule has 22 heavy (non-hydrogen) atoms. The van der Waals surface area contributed by atoms with Gasteiger partial charge < -0.3 is 14.3 Å². The zero-order valence-corrected chi connectivity index (χ0v) is 11.1. The van der Waals surface area contributed by atoms with Crippen molar-refractivity contribution in [3.63, 3.8) is 0 Å². The van der Waals surface area contributed by atoms with Crippen LogP contribution in [0.25, 0.3) is 11.0 Å². The number of halogens is 1. The number of carbonyl (C=O) groups excluding carboxylic acids is 1. The molecule has 0 fully saturated rings. The summed E-state index contributed by atoms with van der Waals surface area (Å²) >= 11 is 0. The Morgan fingerprint density at radius 3 is 2.55 bits per heavy atom. The minimum absolute atomic E-state index is 0.0218. The molecule has 0 saturated heterocycles. The van der Waals surface area contributed by atoms with Gasteiger partial charge in [0.2, 0.25) is 11.2 Å². The van der Waals surface area contributed by atoms with Crippen LogP contribution in [0.4, 0.5) is 4.39 Å². The van der Waals surface area contributed by atoms with E-state index >= 15 is 0 Å². The molecule has 3 aromatic rings. The molecule has 110 valence electrons. The third-order valence-corrected chi connectivity index (χ3v) is 3.08. The number of ether oxygens (including phenoxy) is 1. The Balaban J connectivity index is 2.11. The van der Waals surface area contributed by atoms with E-state index in [0.717, 1.165) is 6.26 Å². The maximum Gasteiger partial charge on any atom is 0.235 e. The van der Waals surface area contributed by atoms with E-state index < -0.39 is 11.2 Å². The quantitative estimate of drug-likeness (QED) is 0.751. The zero-order chi connectivity index (χ0) is 15.7. The summed E-state index contributed by atoms with van der Waals surface area (Å²) in [6.07, 6.45) is 1.45. The summed E-state index contributed by atoms with van der Waals surface area (Å²) in [6, 6.07) is 7.69. The summed E-state index contributed by atoms with van der Waals surface area (Å²) in [5.41, 5.74) is -0.636. The van der Waals surface area contributed by atoms with Gasteiger partial charge in [-0.15, -0.1) is 0 Å². The molecule has 0 aliphatic heterocycles. The average Bonchev–Trinajstić information content (AvgIpc) is 2.52. The molecule has 0 spiro atoms. The van der Waals surface area contributed by atoms with Gasteiger partial charge in [-0.2, -0.15) is 0 Å². The van der Waals surface area contributed by atoms with E-state index in [9.17, 15) is 19.1 Å². The smallest absolute Gasteiger partial charge is 0.235 e. The monoisotopic (exact) mass is 300 g/mol. The number of aldehydes is 1. The number of carbonyl (C=O) groups is 1. The Morgan fingerprint density at radius 2 is 1.86 bits per heavy atom. The van der Waals surface area contributed by atoms with Gasteiger partial charge in [-0.25, -0.2) is 4.39 Å². The Bertz CT molecular complexity index is 912. The Hall–Kier alpha value is -3.15. The fraction of sp³-hybridized carbons (Fsp3) is 0. The van der Waals surface area contributed by atoms with Gasteiger partial charge in [0.05, 0.1) is 10.9 Å². The van der Waals surface area contributed by atoms with Crippen LogP contribution in [-0.2, 0) is 0 Å². The van der Waals surface area contributed by atoms with E-state index in [4.69, 9.17) is 9.15 Å². The van der Waals surface area contributed by atoms with E-state index in [1.807, 2.05) is 0 Å². The SMILES string of the molecule is O=Cc1c(O)ccc2c(=O)c(Oc3ccc(F)cc3)coc12. The molecular weight excluding hydrogens is 291 g/mol. The first kappa shape index (κ1) is 13.8. The number of fused-ring (bicyclic) bond motifs is 1. The number of hydrogen-bond donors (Lipinski definition) is 1. The number of phenolic OH excluding ortho intramolecular Hbond substituents is 1. The minimum atomic E-state index is -0.506. The van der Waals surface area contributed by atoms with Gasteiger partial charge >= 0.3 is 0 Å². The lowest BCUT2D eigenvalue weighted by atomic mass is 10.1. The molecular formula is C16H9FO5. The second-order valence-electron chi connectivity index (χ2n) is 4.48. The molecule has 0 radical (unpaired) electrons. The molecule has 0 bridgehead atoms. The molecule has 3 rings (SSSR count). The van der Waals surface area contributed by atoms with Crippen LogP contribution in [0.2, 0.25) is 0 Å². The van der Waals surface area contributed by atoms with Crippen LogP contribution in [0.3, 0.4) is 0 Å². The lowest BCUT2D eigenvalue weighted by molar-refractivity contribution is 0.112. The first-order chi connectivity index (χ1) is 10.6. The van der Waals surface area contributed by atoms with Crippen LogP contribution in [-0.4, -0.2) is 11.4 Å². The lowest BCUT2D eigenvalue weighted by Crippen LogP contribution is -2.05. The van der Waals surface area contributed by atoms with E-state index in [2.05, 4.69) is 0 Å². The van der Waals surface area contributed by atoms with Crippen molar-refractivity contribution in [3.8, 4) is 17.2 Å². The summed E-state index contributed by atoms with van der Waals surface area (Å²) in [5.74, 6) is -0.550. The average molecular weight is 300 g/mol. The number of hydrogen-bond acceptors (Lipinski definition) is 5. The van der Waals surface area contributed by atoms with Crippen LogP contribution in [0.5, 0.6) is 17.2 Å². The van der Waals surface area contributed by atoms with Gasteiger partial charge in [-0.1, -0.05) is 0 Å². The van der Waals surface area contributed by atoms with E-state index in [-0.39, 0.29) is 33.8 Å². The van der Waals surface area contributed by atoms with Crippen LogP contribution < -0.4 is 10.2 Å². The molecule has 1 heterocycles. The third-order valence-electron chi connectivity index (χ3n) is 3.08. The van der Waals surface area contributed by atoms with Gasteiger partial charge in [0.1, 0.15) is 23.6 Å². The molecule has 0 saturated carbocycles. The largest absolute Gasteiger partial charge is 0.507 e. The predicted octanol–water partition coefficient (Wildman–Crippen LogP) is 3.24. The van der Waals surface area contributed by atoms with Crippen molar-refractivity contribution in [3.05, 3.63) is 64.3 Å². The third kappa shape index (κ3) is 2.31. The maximum atomic E-state index is 12.8. The zero-order valence-electron chi connectivity index (χ0n) is 11.1. The summed E-state index contributed by atoms with van der Waals surface area (Å²) in [4.78, 5) is 23.3. The standard InChI is InChI=1S/C16H9FO5/c17-9-1-3-10(4-2-9)22-14-8-21-16-11(15(14)20)5-6-13(19)12(16)7-18/h1-8,19H. The first-order valence-electron chi connectivity index (χ1n) is 6.26. The topological polar surface area (TPSA) is 76.7 Å². The lowest BCUT2D eigenvalue weighted by Gasteiger charge is -2.07. The van der Waals surface area contributed by atoms with Gasteiger partial charge in [0, 0.05) is 0 Å². The van der Waals surface area contributed by atoms with Crippen LogP contribution in [0.15, 0.2) is 51.9 Å². The van der Waals surface area contributed by atoms with E-state index in [1.54, 1.807) is 0 Å².